The molecule has 0 aliphatic carbocycles. The molecule has 58 valence electrons. The molecule has 0 aromatic heterocycles. The van der Waals surface area contributed by atoms with Crippen molar-refractivity contribution in [3.8, 4) is 0 Å². The summed E-state index contributed by atoms with van der Waals surface area (Å²) < 4.78 is 4.56. The molecule has 3 nitrogen and oxygen atoms in total. The summed E-state index contributed by atoms with van der Waals surface area (Å²) in [4.78, 5) is 21.1. The summed E-state index contributed by atoms with van der Waals surface area (Å²) >= 11 is 0. The van der Waals surface area contributed by atoms with E-state index in [-0.39, 0.29) is 6.42 Å². The lowest BCUT2D eigenvalue weighted by Crippen LogP contribution is -2.16. The molecule has 3 heteroatoms. The first-order valence-electron chi connectivity index (χ1n) is 3.42. The smallest absolute Gasteiger partial charge is 0.374 e. The second-order valence-corrected chi connectivity index (χ2v) is 1.91. The first-order chi connectivity index (χ1) is 4.72. The Labute approximate surface area is 60.4 Å². The fraction of sp³-hybridized carbons (Fsp3) is 0.714. The number of rotatable bonds is 4. The summed E-state index contributed by atoms with van der Waals surface area (Å²) in [5.41, 5.74) is 0. The average molecular weight is 144 g/mol. The monoisotopic (exact) mass is 144 g/mol. The van der Waals surface area contributed by atoms with Crippen LogP contribution >= 0.6 is 0 Å². The number of ketones is 1. The van der Waals surface area contributed by atoms with Gasteiger partial charge in [-0.2, -0.15) is 0 Å². The minimum Gasteiger partial charge on any atom is -0.460 e. The van der Waals surface area contributed by atoms with Gasteiger partial charge in [-0.1, -0.05) is 13.8 Å². The van der Waals surface area contributed by atoms with E-state index in [0.29, 0.717) is 6.61 Å². The van der Waals surface area contributed by atoms with E-state index in [1.54, 1.807) is 6.92 Å². The lowest BCUT2D eigenvalue weighted by molar-refractivity contribution is -0.153. The molecular formula is C7H12O3. The van der Waals surface area contributed by atoms with E-state index < -0.39 is 11.8 Å². The van der Waals surface area contributed by atoms with Gasteiger partial charge in [0.25, 0.3) is 0 Å². The second-order valence-electron chi connectivity index (χ2n) is 1.91. The maximum Gasteiger partial charge on any atom is 0.374 e. The zero-order valence-corrected chi connectivity index (χ0v) is 6.35. The molecule has 0 aromatic carbocycles. The Morgan fingerprint density at radius 3 is 2.30 bits per heavy atom. The van der Waals surface area contributed by atoms with E-state index in [4.69, 9.17) is 0 Å². The Kier molecular flexibility index (Phi) is 4.54. The lowest BCUT2D eigenvalue weighted by Gasteiger charge is -1.98. The molecule has 0 amide bonds. The van der Waals surface area contributed by atoms with Crippen LogP contribution in [0.2, 0.25) is 0 Å². The molecule has 0 atom stereocenters. The van der Waals surface area contributed by atoms with Crippen molar-refractivity contribution in [2.75, 3.05) is 6.61 Å². The molecule has 0 aliphatic heterocycles. The maximum atomic E-state index is 10.6. The molecule has 0 heterocycles. The average Bonchev–Trinajstić information content (AvgIpc) is 1.98. The van der Waals surface area contributed by atoms with Crippen molar-refractivity contribution in [1.82, 2.24) is 0 Å². The van der Waals surface area contributed by atoms with Crippen LogP contribution in [0.5, 0.6) is 0 Å². The molecule has 0 unspecified atom stereocenters. The zero-order valence-electron chi connectivity index (χ0n) is 6.35. The third-order valence-corrected chi connectivity index (χ3v) is 0.986. The van der Waals surface area contributed by atoms with Gasteiger partial charge in [0.1, 0.15) is 0 Å². The number of carbonyl (C=O) groups is 2. The molecule has 10 heavy (non-hydrogen) atoms. The zero-order chi connectivity index (χ0) is 7.98. The molecule has 0 bridgehead atoms. The first-order valence-corrected chi connectivity index (χ1v) is 3.42. The third-order valence-electron chi connectivity index (χ3n) is 0.986. The van der Waals surface area contributed by atoms with Crippen LogP contribution in [0.25, 0.3) is 0 Å². The van der Waals surface area contributed by atoms with E-state index in [2.05, 4.69) is 4.74 Å². The largest absolute Gasteiger partial charge is 0.460 e. The van der Waals surface area contributed by atoms with Crippen LogP contribution in [0.15, 0.2) is 0 Å². The molecule has 0 rings (SSSR count). The Morgan fingerprint density at radius 2 is 1.90 bits per heavy atom. The van der Waals surface area contributed by atoms with Crippen molar-refractivity contribution in [2.24, 2.45) is 0 Å². The van der Waals surface area contributed by atoms with Crippen molar-refractivity contribution >= 4 is 11.8 Å². The predicted molar refractivity (Wildman–Crippen MR) is 36.5 cm³/mol. The second kappa shape index (κ2) is 4.97. The quantitative estimate of drug-likeness (QED) is 0.435. The highest BCUT2D eigenvalue weighted by molar-refractivity contribution is 6.33. The van der Waals surface area contributed by atoms with Crippen LogP contribution < -0.4 is 0 Å². The number of hydrogen-bond acceptors (Lipinski definition) is 3. The van der Waals surface area contributed by atoms with E-state index in [1.165, 1.54) is 0 Å². The summed E-state index contributed by atoms with van der Waals surface area (Å²) in [5.74, 6) is -1.15. The Hall–Kier alpha value is -0.860. The Balaban J connectivity index is 3.52. The molecule has 0 N–H and O–H groups in total. The summed E-state index contributed by atoms with van der Waals surface area (Å²) in [6, 6.07) is 0. The number of carbonyl (C=O) groups excluding carboxylic acids is 2. The number of esters is 1. The number of hydrogen-bond donors (Lipinski definition) is 0. The van der Waals surface area contributed by atoms with Crippen molar-refractivity contribution < 1.29 is 14.3 Å². The molecule has 0 saturated carbocycles. The van der Waals surface area contributed by atoms with Gasteiger partial charge < -0.3 is 4.74 Å². The van der Waals surface area contributed by atoms with Gasteiger partial charge in [0.15, 0.2) is 0 Å². The Morgan fingerprint density at radius 1 is 1.30 bits per heavy atom. The molecule has 0 saturated heterocycles. The van der Waals surface area contributed by atoms with Gasteiger partial charge in [-0.05, 0) is 6.42 Å². The first kappa shape index (κ1) is 9.14. The third kappa shape index (κ3) is 3.22. The fourth-order valence-electron chi connectivity index (χ4n) is 0.420. The van der Waals surface area contributed by atoms with Gasteiger partial charge in [0, 0.05) is 6.42 Å². The van der Waals surface area contributed by atoms with Crippen LogP contribution in [0.4, 0.5) is 0 Å². The van der Waals surface area contributed by atoms with E-state index >= 15 is 0 Å². The van der Waals surface area contributed by atoms with Gasteiger partial charge in [-0.25, -0.2) is 4.79 Å². The number of Topliss-reactive ketones (excluding diaryl/α,β-unsaturated/α-hetero) is 1. The van der Waals surface area contributed by atoms with E-state index in [1.807, 2.05) is 6.92 Å². The van der Waals surface area contributed by atoms with Gasteiger partial charge in [-0.15, -0.1) is 0 Å². The molecule has 0 aromatic rings. The van der Waals surface area contributed by atoms with Crippen molar-refractivity contribution in [3.05, 3.63) is 0 Å². The van der Waals surface area contributed by atoms with Crippen LogP contribution in [-0.4, -0.2) is 18.4 Å². The van der Waals surface area contributed by atoms with Crippen LogP contribution in [0.3, 0.4) is 0 Å². The molecule has 0 aliphatic rings. The summed E-state index contributed by atoms with van der Waals surface area (Å²) in [5, 5.41) is 0. The van der Waals surface area contributed by atoms with Gasteiger partial charge >= 0.3 is 5.97 Å². The normalized spacial score (nSPS) is 9.00. The molecule has 0 radical (unpaired) electrons. The molecule has 0 fully saturated rings. The van der Waals surface area contributed by atoms with Gasteiger partial charge in [0.2, 0.25) is 5.78 Å². The topological polar surface area (TPSA) is 43.4 Å². The lowest BCUT2D eigenvalue weighted by atomic mass is 10.3. The van der Waals surface area contributed by atoms with Gasteiger partial charge in [-0.3, -0.25) is 4.79 Å². The van der Waals surface area contributed by atoms with E-state index in [0.717, 1.165) is 6.42 Å². The highest BCUT2D eigenvalue weighted by Crippen LogP contribution is 1.87. The molecule has 0 spiro atoms. The molecular weight excluding hydrogens is 132 g/mol. The van der Waals surface area contributed by atoms with Crippen LogP contribution in [0.1, 0.15) is 26.7 Å². The minimum absolute atomic E-state index is 0.225. The highest BCUT2D eigenvalue weighted by Gasteiger charge is 2.10. The highest BCUT2D eigenvalue weighted by atomic mass is 16.5. The maximum absolute atomic E-state index is 10.6. The standard InChI is InChI=1S/C7H12O3/c1-3-5-10-7(9)6(8)4-2/h3-5H2,1-2H3. The summed E-state index contributed by atoms with van der Waals surface area (Å²) in [6.07, 6.45) is 0.977. The van der Waals surface area contributed by atoms with Crippen molar-refractivity contribution in [1.29, 1.82) is 0 Å². The van der Waals surface area contributed by atoms with Gasteiger partial charge in [0.05, 0.1) is 6.61 Å². The summed E-state index contributed by atoms with van der Waals surface area (Å²) in [6.45, 7) is 3.85. The SMILES string of the molecule is CCCOC(=O)C(=O)CC. The predicted octanol–water partition coefficient (Wildman–Crippen LogP) is 0.919. The van der Waals surface area contributed by atoms with Crippen molar-refractivity contribution in [3.63, 3.8) is 0 Å². The van der Waals surface area contributed by atoms with Crippen molar-refractivity contribution in [2.45, 2.75) is 26.7 Å². The minimum atomic E-state index is -0.704. The van der Waals surface area contributed by atoms with Crippen LogP contribution in [-0.2, 0) is 14.3 Å². The Bertz CT molecular complexity index is 129. The van der Waals surface area contributed by atoms with E-state index in [9.17, 15) is 9.59 Å². The van der Waals surface area contributed by atoms with Crippen LogP contribution in [0, 0.1) is 0 Å². The summed E-state index contributed by atoms with van der Waals surface area (Å²) in [7, 11) is 0. The number of ether oxygens (including phenoxy) is 1. The fourth-order valence-corrected chi connectivity index (χ4v) is 0.420.